The second kappa shape index (κ2) is 9.07. The van der Waals surface area contributed by atoms with Gasteiger partial charge in [0.15, 0.2) is 11.5 Å². The van der Waals surface area contributed by atoms with E-state index in [-0.39, 0.29) is 18.2 Å². The van der Waals surface area contributed by atoms with Crippen LogP contribution in [0.5, 0.6) is 11.5 Å². The van der Waals surface area contributed by atoms with E-state index in [9.17, 15) is 9.65 Å². The van der Waals surface area contributed by atoms with Crippen molar-refractivity contribution in [1.29, 1.82) is 5.26 Å². The summed E-state index contributed by atoms with van der Waals surface area (Å²) in [6.45, 7) is 2.43. The Balaban J connectivity index is 0.00000261. The molecule has 0 aliphatic carbocycles. The van der Waals surface area contributed by atoms with Gasteiger partial charge in [-0.1, -0.05) is 18.2 Å². The highest BCUT2D eigenvalue weighted by Gasteiger charge is 2.36. The molecule has 0 atom stereocenters. The molecule has 0 amide bonds. The molecule has 27 heavy (non-hydrogen) atoms. The Labute approximate surface area is 165 Å². The fraction of sp³-hybridized carbons (Fsp3) is 0.381. The predicted molar refractivity (Wildman–Crippen MR) is 105 cm³/mol. The lowest BCUT2D eigenvalue weighted by Gasteiger charge is -2.37. The second-order valence-electron chi connectivity index (χ2n) is 6.67. The molecule has 1 aliphatic rings. The molecule has 4 nitrogen and oxygen atoms in total. The van der Waals surface area contributed by atoms with E-state index in [4.69, 9.17) is 9.47 Å². The van der Waals surface area contributed by atoms with Crippen molar-refractivity contribution >= 4 is 12.4 Å². The summed E-state index contributed by atoms with van der Waals surface area (Å²) in [7, 11) is 3.26. The van der Waals surface area contributed by atoms with Gasteiger partial charge in [0.2, 0.25) is 0 Å². The number of hydrogen-bond acceptors (Lipinski definition) is 4. The number of methoxy groups -OCH3 is 2. The summed E-state index contributed by atoms with van der Waals surface area (Å²) in [4.78, 5) is 2.33. The van der Waals surface area contributed by atoms with Gasteiger partial charge in [0.05, 0.1) is 25.7 Å². The summed E-state index contributed by atoms with van der Waals surface area (Å²) in [6.07, 6.45) is 1.48. The molecule has 0 saturated carbocycles. The number of ether oxygens (including phenoxy) is 2. The minimum absolute atomic E-state index is 0. The number of benzene rings is 2. The van der Waals surface area contributed by atoms with E-state index >= 15 is 0 Å². The topological polar surface area (TPSA) is 45.5 Å². The van der Waals surface area contributed by atoms with Gasteiger partial charge in [-0.25, -0.2) is 4.39 Å². The van der Waals surface area contributed by atoms with Crippen molar-refractivity contribution in [1.82, 2.24) is 4.90 Å². The van der Waals surface area contributed by atoms with Crippen LogP contribution in [0, 0.1) is 17.1 Å². The number of hydrogen-bond donors (Lipinski definition) is 0. The number of likely N-dealkylation sites (tertiary alicyclic amines) is 1. The summed E-state index contributed by atoms with van der Waals surface area (Å²) in [5, 5.41) is 9.77. The molecule has 1 fully saturated rings. The number of nitrogens with zero attached hydrogens (tertiary/aromatic N) is 2. The van der Waals surface area contributed by atoms with Crippen LogP contribution in [0.15, 0.2) is 42.5 Å². The maximum atomic E-state index is 13.2. The summed E-state index contributed by atoms with van der Waals surface area (Å²) in [5.74, 6) is 1.17. The van der Waals surface area contributed by atoms with Crippen LogP contribution in [0.25, 0.3) is 0 Å². The van der Waals surface area contributed by atoms with Gasteiger partial charge in [0.1, 0.15) is 5.82 Å². The molecule has 2 aromatic rings. The van der Waals surface area contributed by atoms with Gasteiger partial charge < -0.3 is 9.47 Å². The zero-order valence-corrected chi connectivity index (χ0v) is 16.4. The summed E-state index contributed by atoms with van der Waals surface area (Å²) in [6, 6.07) is 14.8. The monoisotopic (exact) mass is 390 g/mol. The first-order valence-corrected chi connectivity index (χ1v) is 8.71. The maximum absolute atomic E-state index is 13.2. The van der Waals surface area contributed by atoms with Gasteiger partial charge in [0.25, 0.3) is 0 Å². The lowest BCUT2D eigenvalue weighted by atomic mass is 9.74. The minimum Gasteiger partial charge on any atom is -0.493 e. The molecule has 0 unspecified atom stereocenters. The Morgan fingerprint density at radius 1 is 1.04 bits per heavy atom. The molecular formula is C21H24ClFN2O2. The van der Waals surface area contributed by atoms with Crippen LogP contribution in [0.4, 0.5) is 4.39 Å². The maximum Gasteiger partial charge on any atom is 0.161 e. The average Bonchev–Trinajstić information content (AvgIpc) is 2.69. The van der Waals surface area contributed by atoms with Crippen LogP contribution < -0.4 is 9.47 Å². The van der Waals surface area contributed by atoms with Crippen molar-refractivity contribution in [2.24, 2.45) is 0 Å². The van der Waals surface area contributed by atoms with Crippen LogP contribution >= 0.6 is 12.4 Å². The first-order valence-electron chi connectivity index (χ1n) is 8.71. The fourth-order valence-electron chi connectivity index (χ4n) is 3.56. The van der Waals surface area contributed by atoms with Gasteiger partial charge in [-0.05, 0) is 48.2 Å². The van der Waals surface area contributed by atoms with Gasteiger partial charge in [-0.15, -0.1) is 12.4 Å². The predicted octanol–water partition coefficient (Wildman–Crippen LogP) is 4.32. The van der Waals surface area contributed by atoms with E-state index in [1.807, 2.05) is 18.2 Å². The van der Waals surface area contributed by atoms with Crippen LogP contribution in [0.1, 0.15) is 24.0 Å². The van der Waals surface area contributed by atoms with E-state index in [1.54, 1.807) is 26.4 Å². The smallest absolute Gasteiger partial charge is 0.161 e. The lowest BCUT2D eigenvalue weighted by molar-refractivity contribution is 0.179. The average molecular weight is 391 g/mol. The standard InChI is InChI=1S/C21H23FN2O2.ClH/c1-25-19-8-3-16(13-20(19)26-2)14-24-11-9-21(15-23,10-12-24)17-4-6-18(22)7-5-17;/h3-8,13H,9-12,14H2,1-2H3;1H. The molecular weight excluding hydrogens is 367 g/mol. The molecule has 1 saturated heterocycles. The Bertz CT molecular complexity index is 797. The molecule has 1 heterocycles. The second-order valence-corrected chi connectivity index (χ2v) is 6.67. The zero-order chi connectivity index (χ0) is 18.6. The normalized spacial score (nSPS) is 16.1. The van der Waals surface area contributed by atoms with E-state index in [0.717, 1.165) is 55.1 Å². The molecule has 1 aliphatic heterocycles. The molecule has 0 spiro atoms. The number of rotatable bonds is 5. The first-order chi connectivity index (χ1) is 12.6. The molecule has 3 rings (SSSR count). The van der Waals surface area contributed by atoms with Gasteiger partial charge in [0, 0.05) is 19.6 Å². The Morgan fingerprint density at radius 2 is 1.67 bits per heavy atom. The van der Waals surface area contributed by atoms with Crippen molar-refractivity contribution in [3.05, 3.63) is 59.4 Å². The van der Waals surface area contributed by atoms with E-state index in [1.165, 1.54) is 12.1 Å². The Morgan fingerprint density at radius 3 is 2.22 bits per heavy atom. The fourth-order valence-corrected chi connectivity index (χ4v) is 3.56. The summed E-state index contributed by atoms with van der Waals surface area (Å²) >= 11 is 0. The largest absolute Gasteiger partial charge is 0.493 e. The van der Waals surface area contributed by atoms with Gasteiger partial charge in [-0.2, -0.15) is 5.26 Å². The van der Waals surface area contributed by atoms with E-state index in [2.05, 4.69) is 11.0 Å². The zero-order valence-electron chi connectivity index (χ0n) is 15.6. The Kier molecular flexibility index (Phi) is 7.06. The highest BCUT2D eigenvalue weighted by atomic mass is 35.5. The minimum atomic E-state index is -0.526. The van der Waals surface area contributed by atoms with Crippen LogP contribution in [-0.2, 0) is 12.0 Å². The molecule has 144 valence electrons. The highest BCUT2D eigenvalue weighted by Crippen LogP contribution is 2.36. The van der Waals surface area contributed by atoms with Crippen LogP contribution in [0.3, 0.4) is 0 Å². The molecule has 0 radical (unpaired) electrons. The molecule has 0 aromatic heterocycles. The highest BCUT2D eigenvalue weighted by molar-refractivity contribution is 5.85. The van der Waals surface area contributed by atoms with Crippen molar-refractivity contribution in [2.45, 2.75) is 24.8 Å². The third kappa shape index (κ3) is 4.52. The van der Waals surface area contributed by atoms with E-state index in [0.29, 0.717) is 0 Å². The van der Waals surface area contributed by atoms with E-state index < -0.39 is 5.41 Å². The van der Waals surface area contributed by atoms with Crippen molar-refractivity contribution in [2.75, 3.05) is 27.3 Å². The molecule has 2 aromatic carbocycles. The van der Waals surface area contributed by atoms with Crippen molar-refractivity contribution < 1.29 is 13.9 Å². The Hall–Kier alpha value is -2.29. The van der Waals surface area contributed by atoms with Crippen LogP contribution in [0.2, 0.25) is 0 Å². The van der Waals surface area contributed by atoms with Crippen molar-refractivity contribution in [3.63, 3.8) is 0 Å². The third-order valence-corrected chi connectivity index (χ3v) is 5.17. The molecule has 0 bridgehead atoms. The third-order valence-electron chi connectivity index (χ3n) is 5.17. The number of halogens is 2. The van der Waals surface area contributed by atoms with Gasteiger partial charge >= 0.3 is 0 Å². The van der Waals surface area contributed by atoms with Crippen LogP contribution in [-0.4, -0.2) is 32.2 Å². The molecule has 0 N–H and O–H groups in total. The number of nitriles is 1. The summed E-state index contributed by atoms with van der Waals surface area (Å²) in [5.41, 5.74) is 1.53. The SMILES string of the molecule is COc1ccc(CN2CCC(C#N)(c3ccc(F)cc3)CC2)cc1OC.Cl. The van der Waals surface area contributed by atoms with Crippen molar-refractivity contribution in [3.8, 4) is 17.6 Å². The molecule has 6 heteroatoms. The lowest BCUT2D eigenvalue weighted by Crippen LogP contribution is -2.41. The number of piperidine rings is 1. The quantitative estimate of drug-likeness (QED) is 0.762. The van der Waals surface area contributed by atoms with Gasteiger partial charge in [-0.3, -0.25) is 4.90 Å². The first kappa shape index (κ1) is 21.0. The summed E-state index contributed by atoms with van der Waals surface area (Å²) < 4.78 is 23.8.